The van der Waals surface area contributed by atoms with E-state index in [1.165, 1.54) is 25.8 Å². The number of likely N-dealkylation sites (tertiary alicyclic amines) is 1. The minimum Gasteiger partial charge on any atom is -0.329 e. The van der Waals surface area contributed by atoms with Gasteiger partial charge in [-0.15, -0.1) is 0 Å². The van der Waals surface area contributed by atoms with E-state index in [1.807, 2.05) is 12.3 Å². The van der Waals surface area contributed by atoms with Gasteiger partial charge in [-0.25, -0.2) is 0 Å². The van der Waals surface area contributed by atoms with Crippen molar-refractivity contribution in [2.75, 3.05) is 26.7 Å². The summed E-state index contributed by atoms with van der Waals surface area (Å²) in [6, 6.07) is 6.95. The Morgan fingerprint density at radius 3 is 2.95 bits per heavy atom. The number of aromatic nitrogens is 1. The van der Waals surface area contributed by atoms with Crippen LogP contribution in [0, 0.1) is 0 Å². The van der Waals surface area contributed by atoms with Crippen molar-refractivity contribution in [1.82, 2.24) is 14.8 Å². The Bertz CT molecular complexity index is 417. The monoisotopic (exact) mass is 260 g/mol. The molecular weight excluding hydrogens is 236 g/mol. The molecular formula is C15H24N4. The zero-order valence-electron chi connectivity index (χ0n) is 11.8. The highest BCUT2D eigenvalue weighted by atomic mass is 15.3. The van der Waals surface area contributed by atoms with Crippen LogP contribution in [0.25, 0.3) is 0 Å². The molecule has 4 nitrogen and oxygen atoms in total. The molecule has 1 aromatic rings. The highest BCUT2D eigenvalue weighted by molar-refractivity contribution is 5.07. The van der Waals surface area contributed by atoms with Crippen molar-refractivity contribution in [2.24, 2.45) is 5.73 Å². The maximum Gasteiger partial charge on any atom is 0.0544 e. The van der Waals surface area contributed by atoms with Crippen LogP contribution in [0.1, 0.15) is 25.0 Å². The quantitative estimate of drug-likeness (QED) is 0.860. The van der Waals surface area contributed by atoms with Crippen molar-refractivity contribution in [3.05, 3.63) is 30.1 Å². The van der Waals surface area contributed by atoms with Gasteiger partial charge in [0.25, 0.3) is 0 Å². The SMILES string of the molecule is CN(Cc1ccccn1)C1(CN)CCN(C2CC2)C1. The number of hydrogen-bond acceptors (Lipinski definition) is 4. The second-order valence-electron chi connectivity index (χ2n) is 6.06. The van der Waals surface area contributed by atoms with E-state index in [9.17, 15) is 0 Å². The number of pyridine rings is 1. The first kappa shape index (κ1) is 13.0. The van der Waals surface area contributed by atoms with E-state index in [1.54, 1.807) is 0 Å². The lowest BCUT2D eigenvalue weighted by atomic mass is 9.96. The van der Waals surface area contributed by atoms with Crippen molar-refractivity contribution in [3.63, 3.8) is 0 Å². The average Bonchev–Trinajstić information content (AvgIpc) is 3.19. The number of nitrogens with two attached hydrogens (primary N) is 1. The molecule has 2 N–H and O–H groups in total. The van der Waals surface area contributed by atoms with Crippen LogP contribution in [-0.2, 0) is 6.54 Å². The summed E-state index contributed by atoms with van der Waals surface area (Å²) in [6.45, 7) is 3.95. The molecule has 1 aromatic heterocycles. The lowest BCUT2D eigenvalue weighted by Gasteiger charge is -2.38. The Labute approximate surface area is 115 Å². The Kier molecular flexibility index (Phi) is 3.56. The first-order valence-corrected chi connectivity index (χ1v) is 7.29. The Morgan fingerprint density at radius 2 is 2.32 bits per heavy atom. The van der Waals surface area contributed by atoms with Crippen LogP contribution in [0.4, 0.5) is 0 Å². The highest BCUT2D eigenvalue weighted by Crippen LogP contribution is 2.35. The summed E-state index contributed by atoms with van der Waals surface area (Å²) < 4.78 is 0. The summed E-state index contributed by atoms with van der Waals surface area (Å²) >= 11 is 0. The predicted molar refractivity (Wildman–Crippen MR) is 76.7 cm³/mol. The molecule has 1 atom stereocenters. The van der Waals surface area contributed by atoms with Gasteiger partial charge in [0, 0.05) is 44.0 Å². The van der Waals surface area contributed by atoms with Gasteiger partial charge in [0.2, 0.25) is 0 Å². The molecule has 104 valence electrons. The van der Waals surface area contributed by atoms with Crippen molar-refractivity contribution < 1.29 is 0 Å². The van der Waals surface area contributed by atoms with E-state index in [0.717, 1.165) is 31.4 Å². The summed E-state index contributed by atoms with van der Waals surface area (Å²) in [7, 11) is 2.19. The summed E-state index contributed by atoms with van der Waals surface area (Å²) in [6.07, 6.45) is 5.81. The molecule has 0 bridgehead atoms. The molecule has 2 heterocycles. The highest BCUT2D eigenvalue weighted by Gasteiger charge is 2.44. The van der Waals surface area contributed by atoms with Gasteiger partial charge in [-0.3, -0.25) is 14.8 Å². The number of likely N-dealkylation sites (N-methyl/N-ethyl adjacent to an activating group) is 1. The van der Waals surface area contributed by atoms with Crippen LogP contribution in [0.15, 0.2) is 24.4 Å². The molecule has 1 unspecified atom stereocenters. The first-order valence-electron chi connectivity index (χ1n) is 7.29. The van der Waals surface area contributed by atoms with Crippen LogP contribution in [0.3, 0.4) is 0 Å². The number of nitrogens with zero attached hydrogens (tertiary/aromatic N) is 3. The normalized spacial score (nSPS) is 28.2. The molecule has 0 amide bonds. The standard InChI is InChI=1S/C15H24N4/c1-18(10-13-4-2-3-8-17-13)15(11-16)7-9-19(12-15)14-5-6-14/h2-4,8,14H,5-7,9-12,16H2,1H3. The van der Waals surface area contributed by atoms with Crippen LogP contribution >= 0.6 is 0 Å². The minimum atomic E-state index is 0.139. The third kappa shape index (κ3) is 2.66. The second-order valence-corrected chi connectivity index (χ2v) is 6.06. The Morgan fingerprint density at radius 1 is 1.47 bits per heavy atom. The fourth-order valence-electron chi connectivity index (χ4n) is 3.18. The van der Waals surface area contributed by atoms with Crippen molar-refractivity contribution in [1.29, 1.82) is 0 Å². The second kappa shape index (κ2) is 5.19. The first-order chi connectivity index (χ1) is 9.23. The molecule has 0 radical (unpaired) electrons. The molecule has 3 rings (SSSR count). The van der Waals surface area contributed by atoms with E-state index >= 15 is 0 Å². The van der Waals surface area contributed by atoms with Gasteiger partial charge in [-0.05, 0) is 38.4 Å². The third-order valence-electron chi connectivity index (χ3n) is 4.74. The van der Waals surface area contributed by atoms with Gasteiger partial charge in [-0.2, -0.15) is 0 Å². The summed E-state index contributed by atoms with van der Waals surface area (Å²) in [5, 5.41) is 0. The van der Waals surface area contributed by atoms with Gasteiger partial charge >= 0.3 is 0 Å². The molecule has 2 aliphatic rings. The largest absolute Gasteiger partial charge is 0.329 e. The molecule has 19 heavy (non-hydrogen) atoms. The molecule has 1 aliphatic heterocycles. The maximum absolute atomic E-state index is 6.12. The van der Waals surface area contributed by atoms with Gasteiger partial charge in [0.15, 0.2) is 0 Å². The topological polar surface area (TPSA) is 45.4 Å². The Hall–Kier alpha value is -0.970. The smallest absolute Gasteiger partial charge is 0.0544 e. The van der Waals surface area contributed by atoms with Crippen LogP contribution in [-0.4, -0.2) is 53.0 Å². The number of hydrogen-bond donors (Lipinski definition) is 1. The average molecular weight is 260 g/mol. The zero-order valence-corrected chi connectivity index (χ0v) is 11.8. The van der Waals surface area contributed by atoms with Crippen LogP contribution in [0.5, 0.6) is 0 Å². The fourth-order valence-corrected chi connectivity index (χ4v) is 3.18. The summed E-state index contributed by atoms with van der Waals surface area (Å²) in [5.41, 5.74) is 7.38. The van der Waals surface area contributed by atoms with Crippen molar-refractivity contribution in [3.8, 4) is 0 Å². The lowest BCUT2D eigenvalue weighted by molar-refractivity contribution is 0.119. The zero-order chi connectivity index (χ0) is 13.3. The maximum atomic E-state index is 6.12. The van der Waals surface area contributed by atoms with Crippen molar-refractivity contribution >= 4 is 0 Å². The summed E-state index contributed by atoms with van der Waals surface area (Å²) in [4.78, 5) is 9.47. The molecule has 2 fully saturated rings. The van der Waals surface area contributed by atoms with Crippen LogP contribution < -0.4 is 5.73 Å². The predicted octanol–water partition coefficient (Wildman–Crippen LogP) is 1.08. The molecule has 0 spiro atoms. The van der Waals surface area contributed by atoms with E-state index in [4.69, 9.17) is 5.73 Å². The van der Waals surface area contributed by atoms with Gasteiger partial charge < -0.3 is 5.73 Å². The molecule has 4 heteroatoms. The van der Waals surface area contributed by atoms with Gasteiger partial charge in [0.1, 0.15) is 0 Å². The minimum absolute atomic E-state index is 0.139. The van der Waals surface area contributed by atoms with Gasteiger partial charge in [-0.1, -0.05) is 6.07 Å². The van der Waals surface area contributed by atoms with E-state index in [2.05, 4.69) is 34.0 Å². The van der Waals surface area contributed by atoms with E-state index in [-0.39, 0.29) is 5.54 Å². The number of rotatable bonds is 5. The third-order valence-corrected chi connectivity index (χ3v) is 4.74. The van der Waals surface area contributed by atoms with Crippen molar-refractivity contribution in [2.45, 2.75) is 37.4 Å². The molecule has 1 saturated carbocycles. The summed E-state index contributed by atoms with van der Waals surface area (Å²) in [5.74, 6) is 0. The fraction of sp³-hybridized carbons (Fsp3) is 0.667. The van der Waals surface area contributed by atoms with Gasteiger partial charge in [0.05, 0.1) is 5.69 Å². The molecule has 1 aliphatic carbocycles. The molecule has 0 aromatic carbocycles. The van der Waals surface area contributed by atoms with E-state index in [0.29, 0.717) is 0 Å². The molecule has 1 saturated heterocycles. The van der Waals surface area contributed by atoms with Crippen LogP contribution in [0.2, 0.25) is 0 Å². The van der Waals surface area contributed by atoms with E-state index < -0.39 is 0 Å². The lowest BCUT2D eigenvalue weighted by Crippen LogP contribution is -2.53. The Balaban J connectivity index is 1.67.